The molecule has 0 radical (unpaired) electrons. The Hall–Kier alpha value is 0.840. The van der Waals surface area contributed by atoms with E-state index in [1.54, 1.807) is 27.7 Å². The number of rotatable bonds is 4. The van der Waals surface area contributed by atoms with Crippen LogP contribution in [0, 0.1) is 17.3 Å². The SMILES string of the molecule is C[C@@H](CC(=O)N1C(=O)C(C)(C)[C@H](O)[C@@H]1C[C@H](C)C(Cl)(Cl)Cl)C(Cl)(Cl)Cl. The molecule has 0 spiro atoms. The maximum absolute atomic E-state index is 12.7. The summed E-state index contributed by atoms with van der Waals surface area (Å²) in [6.07, 6.45) is -1.12. The lowest BCUT2D eigenvalue weighted by atomic mass is 9.84. The summed E-state index contributed by atoms with van der Waals surface area (Å²) < 4.78 is -3.23. The Kier molecular flexibility index (Phi) is 7.70. The lowest BCUT2D eigenvalue weighted by Crippen LogP contribution is -2.44. The number of alkyl halides is 6. The van der Waals surface area contributed by atoms with E-state index in [-0.39, 0.29) is 12.8 Å². The van der Waals surface area contributed by atoms with E-state index in [1.807, 2.05) is 0 Å². The molecule has 1 saturated heterocycles. The lowest BCUT2D eigenvalue weighted by Gasteiger charge is -2.31. The summed E-state index contributed by atoms with van der Waals surface area (Å²) in [7, 11) is 0. The highest BCUT2D eigenvalue weighted by Crippen LogP contribution is 2.44. The van der Waals surface area contributed by atoms with E-state index in [2.05, 4.69) is 0 Å². The van der Waals surface area contributed by atoms with Gasteiger partial charge in [0.05, 0.1) is 17.6 Å². The first-order valence-electron chi connectivity index (χ1n) is 7.69. The zero-order chi connectivity index (χ0) is 20.0. The van der Waals surface area contributed by atoms with Crippen molar-refractivity contribution in [2.45, 2.75) is 60.3 Å². The van der Waals surface area contributed by atoms with Gasteiger partial charge in [-0.15, -0.1) is 0 Å². The first-order valence-corrected chi connectivity index (χ1v) is 9.96. The fourth-order valence-corrected chi connectivity index (χ4v) is 3.21. The van der Waals surface area contributed by atoms with Crippen LogP contribution in [0.4, 0.5) is 0 Å². The summed E-state index contributed by atoms with van der Waals surface area (Å²) in [5.41, 5.74) is -1.14. The first-order chi connectivity index (χ1) is 11.0. The van der Waals surface area contributed by atoms with Gasteiger partial charge in [-0.2, -0.15) is 0 Å². The molecule has 0 bridgehead atoms. The Morgan fingerprint density at radius 3 is 1.96 bits per heavy atom. The van der Waals surface area contributed by atoms with Crippen molar-refractivity contribution in [2.24, 2.45) is 17.3 Å². The van der Waals surface area contributed by atoms with Crippen LogP contribution in [0.2, 0.25) is 0 Å². The Balaban J connectivity index is 3.10. The van der Waals surface area contributed by atoms with Crippen LogP contribution >= 0.6 is 69.6 Å². The minimum absolute atomic E-state index is 0.140. The van der Waals surface area contributed by atoms with Crippen molar-refractivity contribution in [1.29, 1.82) is 0 Å². The minimum Gasteiger partial charge on any atom is -0.390 e. The van der Waals surface area contributed by atoms with Gasteiger partial charge in [0.15, 0.2) is 7.59 Å². The molecule has 0 aliphatic carbocycles. The van der Waals surface area contributed by atoms with Gasteiger partial charge >= 0.3 is 0 Å². The normalized spacial score (nSPS) is 26.7. The van der Waals surface area contributed by atoms with Crippen LogP contribution in [-0.2, 0) is 9.59 Å². The van der Waals surface area contributed by atoms with Crippen molar-refractivity contribution >= 4 is 81.4 Å². The van der Waals surface area contributed by atoms with Gasteiger partial charge in [-0.3, -0.25) is 14.5 Å². The number of nitrogens with zero attached hydrogens (tertiary/aromatic N) is 1. The number of likely N-dealkylation sites (tertiary alicyclic amines) is 1. The predicted octanol–water partition coefficient (Wildman–Crippen LogP) is 4.90. The molecule has 0 aromatic carbocycles. The zero-order valence-electron chi connectivity index (χ0n) is 14.2. The summed E-state index contributed by atoms with van der Waals surface area (Å²) in [6.45, 7) is 6.39. The van der Waals surface area contributed by atoms with Gasteiger partial charge in [0.1, 0.15) is 0 Å². The summed E-state index contributed by atoms with van der Waals surface area (Å²) in [5, 5.41) is 10.6. The average molecular weight is 476 g/mol. The number of aliphatic hydroxyl groups is 1. The molecule has 4 nitrogen and oxygen atoms in total. The van der Waals surface area contributed by atoms with Crippen molar-refractivity contribution in [2.75, 3.05) is 0 Å². The van der Waals surface area contributed by atoms with Crippen LogP contribution in [0.3, 0.4) is 0 Å². The fourth-order valence-electron chi connectivity index (χ4n) is 2.71. The molecule has 0 saturated carbocycles. The van der Waals surface area contributed by atoms with E-state index in [9.17, 15) is 14.7 Å². The summed E-state index contributed by atoms with van der Waals surface area (Å²) in [6, 6.07) is -0.816. The largest absolute Gasteiger partial charge is 0.390 e. The molecular formula is C15H21Cl6NO3. The zero-order valence-corrected chi connectivity index (χ0v) is 18.7. The number of aliphatic hydroxyl groups excluding tert-OH is 1. The maximum Gasteiger partial charge on any atom is 0.237 e. The third-order valence-electron chi connectivity index (χ3n) is 4.67. The van der Waals surface area contributed by atoms with E-state index in [0.29, 0.717) is 0 Å². The molecule has 4 atom stereocenters. The molecule has 1 fully saturated rings. The van der Waals surface area contributed by atoms with Gasteiger partial charge in [0, 0.05) is 18.3 Å². The van der Waals surface area contributed by atoms with Crippen LogP contribution in [0.15, 0.2) is 0 Å². The number of hydrogen-bond donors (Lipinski definition) is 1. The van der Waals surface area contributed by atoms with Gasteiger partial charge < -0.3 is 5.11 Å². The van der Waals surface area contributed by atoms with Crippen LogP contribution in [0.25, 0.3) is 0 Å². The van der Waals surface area contributed by atoms with Crippen molar-refractivity contribution in [3.05, 3.63) is 0 Å². The molecule has 0 unspecified atom stereocenters. The second-order valence-electron chi connectivity index (χ2n) is 7.13. The highest BCUT2D eigenvalue weighted by atomic mass is 35.6. The second-order valence-corrected chi connectivity index (χ2v) is 11.9. The quantitative estimate of drug-likeness (QED) is 0.588. The molecule has 0 aromatic rings. The Morgan fingerprint density at radius 2 is 1.56 bits per heavy atom. The molecule has 0 aromatic heterocycles. The van der Waals surface area contributed by atoms with Crippen LogP contribution in [0.1, 0.15) is 40.5 Å². The Morgan fingerprint density at radius 1 is 1.12 bits per heavy atom. The lowest BCUT2D eigenvalue weighted by molar-refractivity contribution is -0.147. The van der Waals surface area contributed by atoms with Gasteiger partial charge in [-0.05, 0) is 20.3 Å². The van der Waals surface area contributed by atoms with Crippen LogP contribution < -0.4 is 0 Å². The minimum atomic E-state index is -1.65. The third-order valence-corrected chi connectivity index (χ3v) is 6.90. The van der Waals surface area contributed by atoms with Crippen molar-refractivity contribution in [1.82, 2.24) is 4.90 Å². The number of halogens is 6. The maximum atomic E-state index is 12.7. The Bertz CT molecular complexity index is 528. The average Bonchev–Trinajstić information content (AvgIpc) is 2.58. The van der Waals surface area contributed by atoms with Gasteiger partial charge in [0.2, 0.25) is 11.8 Å². The number of hydrogen-bond acceptors (Lipinski definition) is 3. The summed E-state index contributed by atoms with van der Waals surface area (Å²) in [4.78, 5) is 26.4. The molecule has 146 valence electrons. The van der Waals surface area contributed by atoms with Crippen LogP contribution in [-0.4, -0.2) is 41.6 Å². The predicted molar refractivity (Wildman–Crippen MR) is 104 cm³/mol. The molecule has 10 heteroatoms. The molecule has 1 N–H and O–H groups in total. The van der Waals surface area contributed by atoms with E-state index >= 15 is 0 Å². The summed E-state index contributed by atoms with van der Waals surface area (Å²) >= 11 is 35.1. The standard InChI is InChI=1S/C15H21Cl6NO3/c1-7(14(16,17)18)5-9-11(24)13(3,4)12(25)22(9)10(23)6-8(2)15(19,20)21/h7-9,11,24H,5-6H2,1-4H3/t7-,8-,9-,11+/m0/s1. The topological polar surface area (TPSA) is 57.6 Å². The van der Waals surface area contributed by atoms with Crippen LogP contribution in [0.5, 0.6) is 0 Å². The molecule has 1 rings (SSSR count). The van der Waals surface area contributed by atoms with E-state index in [0.717, 1.165) is 4.90 Å². The van der Waals surface area contributed by atoms with Crippen molar-refractivity contribution < 1.29 is 14.7 Å². The molecule has 1 heterocycles. The van der Waals surface area contributed by atoms with Gasteiger partial charge in [-0.25, -0.2) is 0 Å². The third kappa shape index (κ3) is 5.43. The van der Waals surface area contributed by atoms with Gasteiger partial charge in [-0.1, -0.05) is 83.5 Å². The second kappa shape index (κ2) is 8.06. The number of carbonyl (C=O) groups is 2. The van der Waals surface area contributed by atoms with E-state index < -0.39 is 48.8 Å². The number of imide groups is 1. The molecule has 1 aliphatic rings. The molecule has 25 heavy (non-hydrogen) atoms. The molecule has 2 amide bonds. The first kappa shape index (κ1) is 23.9. The molecular weight excluding hydrogens is 455 g/mol. The Labute approximate surface area is 178 Å². The highest BCUT2D eigenvalue weighted by Gasteiger charge is 2.56. The van der Waals surface area contributed by atoms with Crippen molar-refractivity contribution in [3.63, 3.8) is 0 Å². The van der Waals surface area contributed by atoms with E-state index in [1.165, 1.54) is 0 Å². The van der Waals surface area contributed by atoms with Gasteiger partial charge in [0.25, 0.3) is 0 Å². The summed E-state index contributed by atoms with van der Waals surface area (Å²) in [5.74, 6) is -2.15. The number of amides is 2. The highest BCUT2D eigenvalue weighted by molar-refractivity contribution is 6.68. The fraction of sp³-hybridized carbons (Fsp3) is 0.867. The van der Waals surface area contributed by atoms with E-state index in [4.69, 9.17) is 69.6 Å². The van der Waals surface area contributed by atoms with Crippen molar-refractivity contribution in [3.8, 4) is 0 Å². The number of carbonyl (C=O) groups excluding carboxylic acids is 2. The smallest absolute Gasteiger partial charge is 0.237 e. The monoisotopic (exact) mass is 473 g/mol. The molecule has 1 aliphatic heterocycles.